The van der Waals surface area contributed by atoms with E-state index in [9.17, 15) is 4.79 Å². The van der Waals surface area contributed by atoms with Crippen LogP contribution in [-0.2, 0) is 14.3 Å². The van der Waals surface area contributed by atoms with E-state index in [0.29, 0.717) is 72.7 Å². The van der Waals surface area contributed by atoms with Gasteiger partial charge in [-0.25, -0.2) is 15.0 Å². The Kier molecular flexibility index (Phi) is 6.92. The number of nitrogens with zero attached hydrogens (tertiary/aromatic N) is 4. The molecule has 0 saturated carbocycles. The molecule has 8 heteroatoms. The number of fused-ring (bicyclic) bond motifs is 1. The predicted octanol–water partition coefficient (Wildman–Crippen LogP) is 4.07. The molecule has 0 unspecified atom stereocenters. The summed E-state index contributed by atoms with van der Waals surface area (Å²) in [6.45, 7) is 13.9. The molecular weight excluding hydrogens is 384 g/mol. The minimum Gasteiger partial charge on any atom is -0.432 e. The number of hydrogen-bond acceptors (Lipinski definition) is 8. The summed E-state index contributed by atoms with van der Waals surface area (Å²) in [5.74, 6) is 1.80. The molecule has 30 heavy (non-hydrogen) atoms. The molecule has 8 nitrogen and oxygen atoms in total. The molecule has 1 fully saturated rings. The Labute approximate surface area is 174 Å². The number of morpholine rings is 1. The molecule has 0 aromatic carbocycles. The second-order valence-electron chi connectivity index (χ2n) is 6.34. The summed E-state index contributed by atoms with van der Waals surface area (Å²) < 4.78 is 16.4. The highest BCUT2D eigenvalue weighted by Gasteiger charge is 2.24. The predicted molar refractivity (Wildman–Crippen MR) is 118 cm³/mol. The van der Waals surface area contributed by atoms with Crippen molar-refractivity contribution in [1.29, 1.82) is 0 Å². The van der Waals surface area contributed by atoms with Gasteiger partial charge in [0.1, 0.15) is 11.3 Å². The Morgan fingerprint density at radius 1 is 1.27 bits per heavy atom. The van der Waals surface area contributed by atoms with Crippen LogP contribution in [0.15, 0.2) is 46.1 Å². The first-order chi connectivity index (χ1) is 14.7. The molecule has 2 aromatic rings. The van der Waals surface area contributed by atoms with Gasteiger partial charge in [-0.3, -0.25) is 4.79 Å². The van der Waals surface area contributed by atoms with Gasteiger partial charge in [-0.1, -0.05) is 24.8 Å². The van der Waals surface area contributed by atoms with Crippen molar-refractivity contribution in [2.24, 2.45) is 4.99 Å². The fourth-order valence-corrected chi connectivity index (χ4v) is 3.15. The maximum atomic E-state index is 10.8. The van der Waals surface area contributed by atoms with Crippen molar-refractivity contribution in [2.45, 2.75) is 13.8 Å². The highest BCUT2D eigenvalue weighted by Crippen LogP contribution is 2.37. The molecule has 0 atom stereocenters. The van der Waals surface area contributed by atoms with Crippen LogP contribution < -0.4 is 4.90 Å². The number of aromatic nitrogens is 2. The molecule has 3 rings (SSSR count). The highest BCUT2D eigenvalue weighted by molar-refractivity contribution is 5.96. The van der Waals surface area contributed by atoms with E-state index < -0.39 is 0 Å². The second kappa shape index (κ2) is 9.80. The number of anilines is 1. The van der Waals surface area contributed by atoms with Crippen LogP contribution in [0.2, 0.25) is 0 Å². The molecular formula is C22H24N4O4. The van der Waals surface area contributed by atoms with Crippen molar-refractivity contribution >= 4 is 47.6 Å². The molecule has 0 spiro atoms. The van der Waals surface area contributed by atoms with Crippen molar-refractivity contribution < 1.29 is 18.7 Å². The number of carbonyl (C=O) groups excluding carboxylic acids is 1. The fourth-order valence-electron chi connectivity index (χ4n) is 3.15. The van der Waals surface area contributed by atoms with Gasteiger partial charge in [-0.05, 0) is 32.7 Å². The molecule has 1 aliphatic rings. The largest absolute Gasteiger partial charge is 0.432 e. The van der Waals surface area contributed by atoms with Gasteiger partial charge in [0, 0.05) is 18.7 Å². The normalized spacial score (nSPS) is 15.6. The standard InChI is InChI=1S/C22H24N4O4/c1-5-8-17-18-19(30-22(17)23-4)21(26-9-11-28-12-10-26)25-20(24-18)15(6-2)13-16(7-3)29-14-27/h5-8,13-14H,3-4,9-12H2,1-2H3/b8-5-,15-6+,16-13+. The molecule has 0 bridgehead atoms. The Bertz CT molecular complexity index is 1040. The summed E-state index contributed by atoms with van der Waals surface area (Å²) in [4.78, 5) is 26.4. The lowest BCUT2D eigenvalue weighted by Crippen LogP contribution is -2.37. The molecule has 1 aliphatic heterocycles. The zero-order valence-corrected chi connectivity index (χ0v) is 17.1. The number of allylic oxidation sites excluding steroid dienone is 5. The van der Waals surface area contributed by atoms with E-state index in [1.54, 1.807) is 6.08 Å². The summed E-state index contributed by atoms with van der Waals surface area (Å²) in [6, 6.07) is 0. The Hall–Kier alpha value is -3.52. The number of furan rings is 1. The van der Waals surface area contributed by atoms with E-state index in [4.69, 9.17) is 23.9 Å². The minimum absolute atomic E-state index is 0.295. The molecule has 1 saturated heterocycles. The molecule has 3 heterocycles. The van der Waals surface area contributed by atoms with Crippen molar-refractivity contribution in [3.63, 3.8) is 0 Å². The molecule has 2 aromatic heterocycles. The first kappa shape index (κ1) is 21.2. The third-order valence-corrected chi connectivity index (χ3v) is 4.57. The first-order valence-electron chi connectivity index (χ1n) is 9.54. The monoisotopic (exact) mass is 408 g/mol. The zero-order chi connectivity index (χ0) is 21.5. The van der Waals surface area contributed by atoms with Crippen molar-refractivity contribution in [2.75, 3.05) is 31.2 Å². The van der Waals surface area contributed by atoms with Crippen LogP contribution in [0.5, 0.6) is 0 Å². The van der Waals surface area contributed by atoms with E-state index >= 15 is 0 Å². The molecule has 156 valence electrons. The van der Waals surface area contributed by atoms with Crippen LogP contribution in [0.3, 0.4) is 0 Å². The lowest BCUT2D eigenvalue weighted by Gasteiger charge is -2.27. The van der Waals surface area contributed by atoms with Crippen molar-refractivity contribution in [1.82, 2.24) is 9.97 Å². The maximum Gasteiger partial charge on any atom is 0.298 e. The van der Waals surface area contributed by atoms with Gasteiger partial charge in [-0.2, -0.15) is 0 Å². The van der Waals surface area contributed by atoms with Gasteiger partial charge in [0.25, 0.3) is 6.47 Å². The lowest BCUT2D eigenvalue weighted by molar-refractivity contribution is -0.124. The third kappa shape index (κ3) is 4.23. The van der Waals surface area contributed by atoms with Gasteiger partial charge in [0.05, 0.1) is 18.8 Å². The van der Waals surface area contributed by atoms with Crippen LogP contribution in [0.25, 0.3) is 22.7 Å². The smallest absolute Gasteiger partial charge is 0.298 e. The molecule has 0 amide bonds. The maximum absolute atomic E-state index is 10.8. The van der Waals surface area contributed by atoms with E-state index in [-0.39, 0.29) is 0 Å². The molecule has 0 radical (unpaired) electrons. The zero-order valence-electron chi connectivity index (χ0n) is 17.1. The number of carbonyl (C=O) groups is 1. The fraction of sp³-hybridized carbons (Fsp3) is 0.273. The Morgan fingerprint density at radius 3 is 2.63 bits per heavy atom. The molecule has 0 N–H and O–H groups in total. The van der Waals surface area contributed by atoms with Crippen LogP contribution >= 0.6 is 0 Å². The molecule has 0 aliphatic carbocycles. The van der Waals surface area contributed by atoms with Gasteiger partial charge in [0.2, 0.25) is 5.88 Å². The number of ether oxygens (including phenoxy) is 2. The SMILES string of the molecule is C=C/C(=C\C(=C/C)c1nc(N2CCOCC2)c2oc(N=C)c(/C=C\C)c2n1)OC=O. The van der Waals surface area contributed by atoms with Gasteiger partial charge >= 0.3 is 0 Å². The third-order valence-electron chi connectivity index (χ3n) is 4.57. The highest BCUT2D eigenvalue weighted by atomic mass is 16.5. The van der Waals surface area contributed by atoms with Crippen LogP contribution in [0, 0.1) is 0 Å². The summed E-state index contributed by atoms with van der Waals surface area (Å²) in [6.07, 6.45) is 8.71. The van der Waals surface area contributed by atoms with Crippen LogP contribution in [0.4, 0.5) is 11.7 Å². The quantitative estimate of drug-likeness (QED) is 0.281. The number of rotatable bonds is 8. The minimum atomic E-state index is 0.295. The van der Waals surface area contributed by atoms with E-state index in [1.807, 2.05) is 32.1 Å². The van der Waals surface area contributed by atoms with Crippen molar-refractivity contribution in [3.05, 3.63) is 48.0 Å². The topological polar surface area (TPSA) is 90.1 Å². The Balaban J connectivity index is 2.26. The Morgan fingerprint density at radius 2 is 2.03 bits per heavy atom. The van der Waals surface area contributed by atoms with Gasteiger partial charge < -0.3 is 18.8 Å². The average molecular weight is 408 g/mol. The average Bonchev–Trinajstić information content (AvgIpc) is 3.14. The van der Waals surface area contributed by atoms with E-state index in [0.717, 1.165) is 5.56 Å². The summed E-state index contributed by atoms with van der Waals surface area (Å²) in [7, 11) is 0. The summed E-state index contributed by atoms with van der Waals surface area (Å²) in [5.41, 5.74) is 2.58. The van der Waals surface area contributed by atoms with Crippen molar-refractivity contribution in [3.8, 4) is 0 Å². The van der Waals surface area contributed by atoms with E-state index in [1.165, 1.54) is 6.08 Å². The number of hydrogen-bond donors (Lipinski definition) is 0. The second-order valence-corrected chi connectivity index (χ2v) is 6.34. The lowest BCUT2D eigenvalue weighted by atomic mass is 10.1. The number of aliphatic imine (C=N–C) groups is 1. The van der Waals surface area contributed by atoms with E-state index in [2.05, 4.69) is 23.2 Å². The first-order valence-corrected chi connectivity index (χ1v) is 9.54. The van der Waals surface area contributed by atoms with Gasteiger partial charge in [0.15, 0.2) is 17.2 Å². The van der Waals surface area contributed by atoms with Crippen LogP contribution in [-0.4, -0.2) is 49.5 Å². The summed E-state index contributed by atoms with van der Waals surface area (Å²) in [5, 5.41) is 0. The van der Waals surface area contributed by atoms with Gasteiger partial charge in [-0.15, -0.1) is 0 Å². The van der Waals surface area contributed by atoms with Crippen LogP contribution in [0.1, 0.15) is 25.2 Å². The summed E-state index contributed by atoms with van der Waals surface area (Å²) >= 11 is 0.